The predicted molar refractivity (Wildman–Crippen MR) is 118 cm³/mol. The molecule has 2 amide bonds. The van der Waals surface area contributed by atoms with E-state index in [9.17, 15) is 14.0 Å². The molecule has 2 aromatic rings. The van der Waals surface area contributed by atoms with E-state index in [1.54, 1.807) is 12.1 Å². The second kappa shape index (κ2) is 9.94. The second-order valence-corrected chi connectivity index (χ2v) is 8.48. The first kappa shape index (κ1) is 21.3. The summed E-state index contributed by atoms with van der Waals surface area (Å²) in [4.78, 5) is 25.9. The number of halogens is 1. The van der Waals surface area contributed by atoms with Gasteiger partial charge in [0.2, 0.25) is 11.8 Å². The number of piperidine rings is 1. The Morgan fingerprint density at radius 3 is 2.77 bits per heavy atom. The van der Waals surface area contributed by atoms with Gasteiger partial charge in [-0.1, -0.05) is 12.1 Å². The van der Waals surface area contributed by atoms with Gasteiger partial charge in [0.05, 0.1) is 6.61 Å². The lowest BCUT2D eigenvalue weighted by atomic mass is 9.90. The third-order valence-electron chi connectivity index (χ3n) is 6.16. The smallest absolute Gasteiger partial charge is 0.224 e. The van der Waals surface area contributed by atoms with Crippen LogP contribution in [0.1, 0.15) is 43.2 Å². The average Bonchev–Trinajstić information content (AvgIpc) is 2.77. The lowest BCUT2D eigenvalue weighted by Gasteiger charge is -2.32. The standard InChI is InChI=1S/C25H29FN2O3/c26-21-4-1-3-19(16-21)15-18-10-12-28(13-11-18)25(30)5-2-14-31-22-7-8-23-20(17-22)6-9-24(29)27-23/h1,3-4,7-8,16-18H,2,5-6,9-15H2,(H,27,29). The molecule has 0 bridgehead atoms. The fourth-order valence-electron chi connectivity index (χ4n) is 4.40. The van der Waals surface area contributed by atoms with Crippen LogP contribution in [-0.4, -0.2) is 36.4 Å². The van der Waals surface area contributed by atoms with Crippen molar-refractivity contribution in [1.82, 2.24) is 4.90 Å². The molecule has 1 fully saturated rings. The first-order valence-electron chi connectivity index (χ1n) is 11.1. The van der Waals surface area contributed by atoms with E-state index in [0.717, 1.165) is 61.3 Å². The maximum atomic E-state index is 13.4. The number of carbonyl (C=O) groups is 2. The Balaban J connectivity index is 1.15. The molecule has 1 N–H and O–H groups in total. The molecule has 6 heteroatoms. The fraction of sp³-hybridized carbons (Fsp3) is 0.440. The molecule has 2 aromatic carbocycles. The highest BCUT2D eigenvalue weighted by Gasteiger charge is 2.23. The molecule has 1 saturated heterocycles. The molecule has 4 rings (SSSR count). The summed E-state index contributed by atoms with van der Waals surface area (Å²) < 4.78 is 19.2. The lowest BCUT2D eigenvalue weighted by molar-refractivity contribution is -0.132. The van der Waals surface area contributed by atoms with Gasteiger partial charge in [0, 0.05) is 31.6 Å². The van der Waals surface area contributed by atoms with Gasteiger partial charge in [0.1, 0.15) is 11.6 Å². The summed E-state index contributed by atoms with van der Waals surface area (Å²) in [5, 5.41) is 2.86. The number of nitrogens with zero attached hydrogens (tertiary/aromatic N) is 1. The lowest BCUT2D eigenvalue weighted by Crippen LogP contribution is -2.38. The summed E-state index contributed by atoms with van der Waals surface area (Å²) >= 11 is 0. The third-order valence-corrected chi connectivity index (χ3v) is 6.16. The van der Waals surface area contributed by atoms with Crippen LogP contribution < -0.4 is 10.1 Å². The molecule has 0 radical (unpaired) electrons. The van der Waals surface area contributed by atoms with Crippen LogP contribution in [0.15, 0.2) is 42.5 Å². The monoisotopic (exact) mass is 424 g/mol. The zero-order valence-electron chi connectivity index (χ0n) is 17.7. The SMILES string of the molecule is O=C1CCc2cc(OCCCC(=O)N3CCC(Cc4cccc(F)c4)CC3)ccc2N1. The van der Waals surface area contributed by atoms with Gasteiger partial charge in [-0.15, -0.1) is 0 Å². The molecule has 2 aliphatic rings. The van der Waals surface area contributed by atoms with Crippen LogP contribution in [0.3, 0.4) is 0 Å². The second-order valence-electron chi connectivity index (χ2n) is 8.48. The fourth-order valence-corrected chi connectivity index (χ4v) is 4.40. The van der Waals surface area contributed by atoms with Gasteiger partial charge < -0.3 is 15.0 Å². The molecular formula is C25H29FN2O3. The van der Waals surface area contributed by atoms with E-state index in [-0.39, 0.29) is 17.6 Å². The Hall–Kier alpha value is -2.89. The van der Waals surface area contributed by atoms with Crippen molar-refractivity contribution in [2.75, 3.05) is 25.0 Å². The number of ether oxygens (including phenoxy) is 1. The van der Waals surface area contributed by atoms with Crippen molar-refractivity contribution >= 4 is 17.5 Å². The molecule has 5 nitrogen and oxygen atoms in total. The topological polar surface area (TPSA) is 58.6 Å². The number of benzene rings is 2. The summed E-state index contributed by atoms with van der Waals surface area (Å²) in [6, 6.07) is 12.5. The van der Waals surface area contributed by atoms with Crippen molar-refractivity contribution in [1.29, 1.82) is 0 Å². The first-order chi connectivity index (χ1) is 15.1. The van der Waals surface area contributed by atoms with Gasteiger partial charge in [-0.05, 0) is 79.5 Å². The molecule has 0 aliphatic carbocycles. The average molecular weight is 425 g/mol. The van der Waals surface area contributed by atoms with E-state index in [4.69, 9.17) is 4.74 Å². The van der Waals surface area contributed by atoms with E-state index in [1.165, 1.54) is 6.07 Å². The number of fused-ring (bicyclic) bond motifs is 1. The number of rotatable bonds is 7. The largest absolute Gasteiger partial charge is 0.494 e. The van der Waals surface area contributed by atoms with E-state index in [2.05, 4.69) is 5.32 Å². The number of amides is 2. The maximum Gasteiger partial charge on any atom is 0.224 e. The van der Waals surface area contributed by atoms with E-state index in [1.807, 2.05) is 29.2 Å². The minimum absolute atomic E-state index is 0.0534. The van der Waals surface area contributed by atoms with Crippen molar-refractivity contribution in [2.24, 2.45) is 5.92 Å². The van der Waals surface area contributed by atoms with Gasteiger partial charge in [0.25, 0.3) is 0 Å². The van der Waals surface area contributed by atoms with E-state index >= 15 is 0 Å². The van der Waals surface area contributed by atoms with Gasteiger partial charge in [-0.3, -0.25) is 9.59 Å². The number of likely N-dealkylation sites (tertiary alicyclic amines) is 1. The normalized spacial score (nSPS) is 16.5. The summed E-state index contributed by atoms with van der Waals surface area (Å²) in [5.41, 5.74) is 2.99. The van der Waals surface area contributed by atoms with E-state index < -0.39 is 0 Å². The molecule has 2 heterocycles. The molecule has 164 valence electrons. The first-order valence-corrected chi connectivity index (χ1v) is 11.1. The van der Waals surface area contributed by atoms with Gasteiger partial charge >= 0.3 is 0 Å². The maximum absolute atomic E-state index is 13.4. The highest BCUT2D eigenvalue weighted by Crippen LogP contribution is 2.27. The summed E-state index contributed by atoms with van der Waals surface area (Å²) in [6.07, 6.45) is 5.19. The van der Waals surface area contributed by atoms with Crippen LogP contribution in [0.5, 0.6) is 5.75 Å². The Bertz CT molecular complexity index is 938. The Kier molecular flexibility index (Phi) is 6.85. The summed E-state index contributed by atoms with van der Waals surface area (Å²) in [6.45, 7) is 2.04. The molecule has 0 unspecified atom stereocenters. The number of carbonyl (C=O) groups excluding carboxylic acids is 2. The predicted octanol–water partition coefficient (Wildman–Crippen LogP) is 4.35. The molecular weight excluding hydrogens is 395 g/mol. The van der Waals surface area contributed by atoms with Gasteiger partial charge in [0.15, 0.2) is 0 Å². The number of hydrogen-bond acceptors (Lipinski definition) is 3. The molecule has 0 aromatic heterocycles. The molecule has 2 aliphatic heterocycles. The van der Waals surface area contributed by atoms with Crippen molar-refractivity contribution in [3.63, 3.8) is 0 Å². The van der Waals surface area contributed by atoms with Crippen molar-refractivity contribution in [2.45, 2.75) is 44.9 Å². The third kappa shape index (κ3) is 5.84. The highest BCUT2D eigenvalue weighted by atomic mass is 19.1. The van der Waals surface area contributed by atoms with Crippen LogP contribution in [0.4, 0.5) is 10.1 Å². The minimum atomic E-state index is -0.186. The zero-order chi connectivity index (χ0) is 21.6. The number of anilines is 1. The van der Waals surface area contributed by atoms with Crippen LogP contribution in [-0.2, 0) is 22.4 Å². The molecule has 0 spiro atoms. The molecule has 0 atom stereocenters. The minimum Gasteiger partial charge on any atom is -0.494 e. The zero-order valence-corrected chi connectivity index (χ0v) is 17.7. The van der Waals surface area contributed by atoms with Crippen LogP contribution >= 0.6 is 0 Å². The van der Waals surface area contributed by atoms with Crippen molar-refractivity contribution in [3.8, 4) is 5.75 Å². The van der Waals surface area contributed by atoms with Crippen LogP contribution in [0.2, 0.25) is 0 Å². The van der Waals surface area contributed by atoms with Crippen LogP contribution in [0.25, 0.3) is 0 Å². The number of hydrogen-bond donors (Lipinski definition) is 1. The van der Waals surface area contributed by atoms with E-state index in [0.29, 0.717) is 31.8 Å². The van der Waals surface area contributed by atoms with Crippen molar-refractivity contribution < 1.29 is 18.7 Å². The summed E-state index contributed by atoms with van der Waals surface area (Å²) in [7, 11) is 0. The molecule has 31 heavy (non-hydrogen) atoms. The van der Waals surface area contributed by atoms with Crippen molar-refractivity contribution in [3.05, 3.63) is 59.4 Å². The Morgan fingerprint density at radius 1 is 1.13 bits per heavy atom. The quantitative estimate of drug-likeness (QED) is 0.673. The van der Waals surface area contributed by atoms with Gasteiger partial charge in [-0.25, -0.2) is 4.39 Å². The highest BCUT2D eigenvalue weighted by molar-refractivity contribution is 5.94. The summed E-state index contributed by atoms with van der Waals surface area (Å²) in [5.74, 6) is 1.33. The van der Waals surface area contributed by atoms with Gasteiger partial charge in [-0.2, -0.15) is 0 Å². The van der Waals surface area contributed by atoms with Crippen LogP contribution in [0, 0.1) is 11.7 Å². The number of aryl methyl sites for hydroxylation is 1. The Morgan fingerprint density at radius 2 is 1.97 bits per heavy atom. The number of nitrogens with one attached hydrogen (secondary N) is 1. The molecule has 0 saturated carbocycles. The Labute approximate surface area is 182 Å².